The van der Waals surface area contributed by atoms with Crippen LogP contribution < -0.4 is 4.90 Å². The highest BCUT2D eigenvalue weighted by atomic mass is 35.5. The van der Waals surface area contributed by atoms with Crippen LogP contribution in [0.2, 0.25) is 5.02 Å². The van der Waals surface area contributed by atoms with Crippen molar-refractivity contribution in [3.63, 3.8) is 0 Å². The summed E-state index contributed by atoms with van der Waals surface area (Å²) in [5.74, 6) is -0.627. The van der Waals surface area contributed by atoms with Crippen molar-refractivity contribution >= 4 is 29.1 Å². The van der Waals surface area contributed by atoms with Gasteiger partial charge in [-0.1, -0.05) is 41.9 Å². The lowest BCUT2D eigenvalue weighted by molar-refractivity contribution is -0.144. The molecular weight excluding hydrogens is 340 g/mol. The Kier molecular flexibility index (Phi) is 5.06. The Morgan fingerprint density at radius 3 is 2.44 bits per heavy atom. The maximum absolute atomic E-state index is 12.5. The predicted molar refractivity (Wildman–Crippen MR) is 96.5 cm³/mol. The predicted octanol–water partition coefficient (Wildman–Crippen LogP) is 2.56. The zero-order chi connectivity index (χ0) is 18.0. The number of aliphatic hydroxyl groups excluding tert-OH is 1. The molecule has 0 aromatic heterocycles. The van der Waals surface area contributed by atoms with E-state index >= 15 is 0 Å². The van der Waals surface area contributed by atoms with Gasteiger partial charge in [-0.3, -0.25) is 9.59 Å². The van der Waals surface area contributed by atoms with Gasteiger partial charge in [-0.05, 0) is 36.2 Å². The first kappa shape index (κ1) is 17.5. The maximum Gasteiger partial charge on any atom is 0.256 e. The highest BCUT2D eigenvalue weighted by molar-refractivity contribution is 6.30. The Labute approximate surface area is 151 Å². The van der Waals surface area contributed by atoms with Gasteiger partial charge >= 0.3 is 0 Å². The topological polar surface area (TPSA) is 60.9 Å². The number of hydrogen-bond donors (Lipinski definition) is 1. The smallest absolute Gasteiger partial charge is 0.256 e. The zero-order valence-electron chi connectivity index (χ0n) is 13.9. The van der Waals surface area contributed by atoms with Crippen molar-refractivity contribution in [1.82, 2.24) is 4.90 Å². The Morgan fingerprint density at radius 1 is 1.12 bits per heavy atom. The molecule has 0 spiro atoms. The SMILES string of the molecule is Cc1ccccc1N1CCN(C(=O)C(O)c2ccc(Cl)cc2)CC1=O. The van der Waals surface area contributed by atoms with Gasteiger partial charge < -0.3 is 14.9 Å². The summed E-state index contributed by atoms with van der Waals surface area (Å²) >= 11 is 5.82. The summed E-state index contributed by atoms with van der Waals surface area (Å²) in [5, 5.41) is 10.8. The van der Waals surface area contributed by atoms with Gasteiger partial charge in [0.05, 0.1) is 0 Å². The lowest BCUT2D eigenvalue weighted by Gasteiger charge is -2.35. The molecule has 3 rings (SSSR count). The second-order valence-electron chi connectivity index (χ2n) is 6.05. The number of para-hydroxylation sites is 1. The fraction of sp³-hybridized carbons (Fsp3) is 0.263. The molecule has 1 unspecified atom stereocenters. The second kappa shape index (κ2) is 7.25. The molecule has 0 bridgehead atoms. The van der Waals surface area contributed by atoms with E-state index in [0.29, 0.717) is 23.7 Å². The van der Waals surface area contributed by atoms with Crippen LogP contribution in [-0.2, 0) is 9.59 Å². The number of benzene rings is 2. The molecule has 130 valence electrons. The maximum atomic E-state index is 12.5. The van der Waals surface area contributed by atoms with Gasteiger partial charge in [0, 0.05) is 23.8 Å². The minimum Gasteiger partial charge on any atom is -0.378 e. The van der Waals surface area contributed by atoms with Gasteiger partial charge in [-0.2, -0.15) is 0 Å². The quantitative estimate of drug-likeness (QED) is 0.917. The number of halogens is 1. The summed E-state index contributed by atoms with van der Waals surface area (Å²) in [6.45, 7) is 2.69. The highest BCUT2D eigenvalue weighted by Crippen LogP contribution is 2.23. The van der Waals surface area contributed by atoms with Crippen molar-refractivity contribution in [2.45, 2.75) is 13.0 Å². The van der Waals surface area contributed by atoms with Crippen molar-refractivity contribution < 1.29 is 14.7 Å². The van der Waals surface area contributed by atoms with E-state index in [-0.39, 0.29) is 12.5 Å². The first-order chi connectivity index (χ1) is 12.0. The summed E-state index contributed by atoms with van der Waals surface area (Å²) in [4.78, 5) is 28.1. The van der Waals surface area contributed by atoms with Crippen LogP contribution in [-0.4, -0.2) is 41.5 Å². The van der Waals surface area contributed by atoms with Gasteiger partial charge in [0.1, 0.15) is 6.54 Å². The van der Waals surface area contributed by atoms with Crippen LogP contribution in [0.15, 0.2) is 48.5 Å². The molecule has 1 atom stereocenters. The third-order valence-electron chi connectivity index (χ3n) is 4.36. The van der Waals surface area contributed by atoms with E-state index in [0.717, 1.165) is 11.3 Å². The minimum absolute atomic E-state index is 0.0438. The Bertz CT molecular complexity index is 792. The van der Waals surface area contributed by atoms with Gasteiger partial charge in [-0.15, -0.1) is 0 Å². The van der Waals surface area contributed by atoms with Gasteiger partial charge in [0.15, 0.2) is 6.10 Å². The van der Waals surface area contributed by atoms with Crippen LogP contribution >= 0.6 is 11.6 Å². The average molecular weight is 359 g/mol. The number of aryl methyl sites for hydroxylation is 1. The lowest BCUT2D eigenvalue weighted by atomic mass is 10.1. The molecule has 2 aromatic carbocycles. The fourth-order valence-corrected chi connectivity index (χ4v) is 3.07. The molecule has 0 saturated carbocycles. The summed E-state index contributed by atoms with van der Waals surface area (Å²) in [5.41, 5.74) is 2.33. The number of carbonyl (C=O) groups excluding carboxylic acids is 2. The normalized spacial score (nSPS) is 16.0. The highest BCUT2D eigenvalue weighted by Gasteiger charge is 2.32. The molecule has 1 aliphatic rings. The number of rotatable bonds is 3. The molecule has 25 heavy (non-hydrogen) atoms. The number of anilines is 1. The largest absolute Gasteiger partial charge is 0.378 e. The van der Waals surface area contributed by atoms with E-state index < -0.39 is 12.0 Å². The van der Waals surface area contributed by atoms with Gasteiger partial charge in [0.25, 0.3) is 5.91 Å². The van der Waals surface area contributed by atoms with E-state index in [1.54, 1.807) is 29.2 Å². The van der Waals surface area contributed by atoms with E-state index in [2.05, 4.69) is 0 Å². The molecule has 5 nitrogen and oxygen atoms in total. The first-order valence-corrected chi connectivity index (χ1v) is 8.43. The molecule has 1 aliphatic heterocycles. The minimum atomic E-state index is -1.30. The third kappa shape index (κ3) is 3.67. The van der Waals surface area contributed by atoms with Crippen LogP contribution in [0.1, 0.15) is 17.2 Å². The molecular formula is C19H19ClN2O3. The van der Waals surface area contributed by atoms with E-state index in [1.165, 1.54) is 4.90 Å². The van der Waals surface area contributed by atoms with Gasteiger partial charge in [0.2, 0.25) is 5.91 Å². The number of hydrogen-bond acceptors (Lipinski definition) is 3. The Balaban J connectivity index is 1.70. The summed E-state index contributed by atoms with van der Waals surface area (Å²) in [6, 6.07) is 14.1. The number of aliphatic hydroxyl groups is 1. The third-order valence-corrected chi connectivity index (χ3v) is 4.61. The first-order valence-electron chi connectivity index (χ1n) is 8.05. The molecule has 1 fully saturated rings. The van der Waals surface area contributed by atoms with E-state index in [1.807, 2.05) is 31.2 Å². The van der Waals surface area contributed by atoms with Crippen LogP contribution in [0.25, 0.3) is 0 Å². The molecule has 1 N–H and O–H groups in total. The number of piperazine rings is 1. The Morgan fingerprint density at radius 2 is 1.80 bits per heavy atom. The van der Waals surface area contributed by atoms with E-state index in [9.17, 15) is 14.7 Å². The van der Waals surface area contributed by atoms with Crippen LogP contribution in [0.5, 0.6) is 0 Å². The fourth-order valence-electron chi connectivity index (χ4n) is 2.94. The lowest BCUT2D eigenvalue weighted by Crippen LogP contribution is -2.53. The van der Waals surface area contributed by atoms with Gasteiger partial charge in [-0.25, -0.2) is 0 Å². The average Bonchev–Trinajstić information content (AvgIpc) is 2.62. The number of carbonyl (C=O) groups is 2. The summed E-state index contributed by atoms with van der Waals surface area (Å²) in [6.07, 6.45) is -1.30. The standard InChI is InChI=1S/C19H19ClN2O3/c1-13-4-2-3-5-16(13)22-11-10-21(12-17(22)23)19(25)18(24)14-6-8-15(20)9-7-14/h2-9,18,24H,10-12H2,1H3. The van der Waals surface area contributed by atoms with Crippen molar-refractivity contribution in [2.24, 2.45) is 0 Å². The van der Waals surface area contributed by atoms with Crippen molar-refractivity contribution in [2.75, 3.05) is 24.5 Å². The van der Waals surface area contributed by atoms with Crippen molar-refractivity contribution in [3.05, 3.63) is 64.7 Å². The van der Waals surface area contributed by atoms with Crippen molar-refractivity contribution in [1.29, 1.82) is 0 Å². The molecule has 0 aliphatic carbocycles. The molecule has 1 saturated heterocycles. The molecule has 2 amide bonds. The number of amides is 2. The van der Waals surface area contributed by atoms with Crippen LogP contribution in [0, 0.1) is 6.92 Å². The van der Waals surface area contributed by atoms with Crippen molar-refractivity contribution in [3.8, 4) is 0 Å². The van der Waals surface area contributed by atoms with E-state index in [4.69, 9.17) is 11.6 Å². The molecule has 0 radical (unpaired) electrons. The molecule has 2 aromatic rings. The van der Waals surface area contributed by atoms with Crippen LogP contribution in [0.4, 0.5) is 5.69 Å². The zero-order valence-corrected chi connectivity index (χ0v) is 14.6. The molecule has 1 heterocycles. The summed E-state index contributed by atoms with van der Waals surface area (Å²) in [7, 11) is 0. The number of nitrogens with zero attached hydrogens (tertiary/aromatic N) is 2. The second-order valence-corrected chi connectivity index (χ2v) is 6.48. The monoisotopic (exact) mass is 358 g/mol. The summed E-state index contributed by atoms with van der Waals surface area (Å²) < 4.78 is 0. The van der Waals surface area contributed by atoms with Crippen LogP contribution in [0.3, 0.4) is 0 Å². The Hall–Kier alpha value is -2.37. The molecule has 6 heteroatoms.